The molecule has 0 saturated heterocycles. The Balaban J connectivity index is 2.87. The van der Waals surface area contributed by atoms with Gasteiger partial charge >= 0.3 is 0 Å². The number of rotatable bonds is 6. The Hall–Kier alpha value is -1.58. The first-order chi connectivity index (χ1) is 10.5. The molecule has 0 unspecified atom stereocenters. The van der Waals surface area contributed by atoms with E-state index in [1.54, 1.807) is 0 Å². The van der Waals surface area contributed by atoms with Gasteiger partial charge in [-0.1, -0.05) is 56.0 Å². The Morgan fingerprint density at radius 2 is 2.00 bits per heavy atom. The number of allylic oxidation sites excluding steroid dienone is 2. The lowest BCUT2D eigenvalue weighted by Crippen LogP contribution is -2.34. The van der Waals surface area contributed by atoms with Crippen molar-refractivity contribution in [2.75, 3.05) is 7.05 Å². The van der Waals surface area contributed by atoms with Crippen LogP contribution in [-0.2, 0) is 0 Å². The molecule has 0 saturated carbocycles. The van der Waals surface area contributed by atoms with Crippen molar-refractivity contribution in [3.8, 4) is 0 Å². The first-order valence-corrected chi connectivity index (χ1v) is 7.84. The van der Waals surface area contributed by atoms with Crippen LogP contribution in [0.1, 0.15) is 25.3 Å². The zero-order valence-electron chi connectivity index (χ0n) is 12.9. The zero-order valence-corrected chi connectivity index (χ0v) is 14.4. The van der Waals surface area contributed by atoms with Crippen LogP contribution in [0.15, 0.2) is 54.1 Å². The number of hydrogen-bond donors (Lipinski definition) is 1. The summed E-state index contributed by atoms with van der Waals surface area (Å²) in [4.78, 5) is 5.60. The summed E-state index contributed by atoms with van der Waals surface area (Å²) in [6.07, 6.45) is 5.69. The number of nitrogens with zero attached hydrogens (tertiary/aromatic N) is 2. The molecule has 0 bridgehead atoms. The van der Waals surface area contributed by atoms with Crippen molar-refractivity contribution < 1.29 is 0 Å². The number of aliphatic imine (C=N–C) groups is 1. The summed E-state index contributed by atoms with van der Waals surface area (Å²) in [5, 5.41) is 7.07. The number of benzene rings is 1. The fourth-order valence-corrected chi connectivity index (χ4v) is 2.47. The van der Waals surface area contributed by atoms with Crippen LogP contribution >= 0.6 is 23.2 Å². The fourth-order valence-electron chi connectivity index (χ4n) is 2.12. The van der Waals surface area contributed by atoms with Gasteiger partial charge in [0.15, 0.2) is 0 Å². The maximum absolute atomic E-state index is 7.17. The molecular formula is C17H21Cl2N3. The Morgan fingerprint density at radius 3 is 2.50 bits per heavy atom. The van der Waals surface area contributed by atoms with Gasteiger partial charge in [-0.25, -0.2) is 0 Å². The van der Waals surface area contributed by atoms with E-state index in [-0.39, 0.29) is 16.6 Å². The predicted octanol–water partition coefficient (Wildman–Crippen LogP) is 5.12. The van der Waals surface area contributed by atoms with Gasteiger partial charge in [0, 0.05) is 13.1 Å². The minimum atomic E-state index is -0.321. The zero-order chi connectivity index (χ0) is 16.5. The largest absolute Gasteiger partial charge is 0.347 e. The molecule has 1 rings (SSSR count). The number of hydrogen-bond acceptors (Lipinski definition) is 1. The highest BCUT2D eigenvalue weighted by Crippen LogP contribution is 2.19. The third-order valence-electron chi connectivity index (χ3n) is 3.44. The molecule has 0 aliphatic heterocycles. The van der Waals surface area contributed by atoms with Crippen LogP contribution in [0.25, 0.3) is 5.57 Å². The Labute approximate surface area is 142 Å². The van der Waals surface area contributed by atoms with E-state index in [0.717, 1.165) is 24.0 Å². The van der Waals surface area contributed by atoms with Gasteiger partial charge in [-0.05, 0) is 47.2 Å². The monoisotopic (exact) mass is 337 g/mol. The molecule has 0 heterocycles. The predicted molar refractivity (Wildman–Crippen MR) is 97.9 cm³/mol. The quantitative estimate of drug-likeness (QED) is 0.332. The second-order valence-corrected chi connectivity index (χ2v) is 5.51. The summed E-state index contributed by atoms with van der Waals surface area (Å²) >= 11 is 11.5. The lowest BCUT2D eigenvalue weighted by Gasteiger charge is -2.26. The van der Waals surface area contributed by atoms with Gasteiger partial charge in [0.05, 0.1) is 0 Å². The van der Waals surface area contributed by atoms with Crippen molar-refractivity contribution in [1.82, 2.24) is 4.90 Å². The molecule has 0 spiro atoms. The summed E-state index contributed by atoms with van der Waals surface area (Å²) in [6.45, 7) is 5.97. The first-order valence-electron chi connectivity index (χ1n) is 7.08. The molecule has 1 atom stereocenters. The van der Waals surface area contributed by atoms with Crippen molar-refractivity contribution in [3.05, 3.63) is 54.6 Å². The van der Waals surface area contributed by atoms with Crippen molar-refractivity contribution in [3.63, 3.8) is 0 Å². The summed E-state index contributed by atoms with van der Waals surface area (Å²) in [6, 6.07) is 10.3. The lowest BCUT2D eigenvalue weighted by atomic mass is 10.0. The molecule has 0 aliphatic carbocycles. The summed E-state index contributed by atoms with van der Waals surface area (Å²) in [5.41, 5.74) is 2.22. The Morgan fingerprint density at radius 1 is 1.36 bits per heavy atom. The number of amidine groups is 2. The van der Waals surface area contributed by atoms with E-state index in [1.165, 1.54) is 0 Å². The molecule has 3 nitrogen and oxygen atoms in total. The van der Waals surface area contributed by atoms with Gasteiger partial charge in [-0.3, -0.25) is 5.41 Å². The first kappa shape index (κ1) is 18.5. The molecule has 1 aromatic rings. The van der Waals surface area contributed by atoms with E-state index in [2.05, 4.69) is 36.7 Å². The van der Waals surface area contributed by atoms with Gasteiger partial charge in [0.25, 0.3) is 0 Å². The maximum atomic E-state index is 7.17. The Kier molecular flexibility index (Phi) is 7.92. The fraction of sp³-hybridized carbons (Fsp3) is 0.294. The molecule has 1 N–H and O–H groups in total. The van der Waals surface area contributed by atoms with Gasteiger partial charge in [-0.15, -0.1) is 0 Å². The molecule has 0 aliphatic rings. The van der Waals surface area contributed by atoms with E-state index >= 15 is 0 Å². The van der Waals surface area contributed by atoms with E-state index in [1.807, 2.05) is 36.2 Å². The van der Waals surface area contributed by atoms with Crippen molar-refractivity contribution >= 4 is 39.4 Å². The highest BCUT2D eigenvalue weighted by atomic mass is 35.5. The molecule has 0 aromatic heterocycles. The van der Waals surface area contributed by atoms with Crippen molar-refractivity contribution in [2.24, 2.45) is 4.99 Å². The SMILES string of the molecule is C=C/C(=C\C[C@H](CC)N(C)/C(Cl)=N\C(=N)Cl)c1ccccc1. The van der Waals surface area contributed by atoms with Crippen LogP contribution < -0.4 is 0 Å². The van der Waals surface area contributed by atoms with Crippen LogP contribution in [0.3, 0.4) is 0 Å². The van der Waals surface area contributed by atoms with Gasteiger partial charge in [0.1, 0.15) is 0 Å². The summed E-state index contributed by atoms with van der Waals surface area (Å²) in [5.74, 6) is 0. The van der Waals surface area contributed by atoms with Gasteiger partial charge in [-0.2, -0.15) is 4.99 Å². The number of halogens is 2. The molecule has 0 radical (unpaired) electrons. The van der Waals surface area contributed by atoms with Crippen LogP contribution in [0, 0.1) is 5.41 Å². The third kappa shape index (κ3) is 5.66. The van der Waals surface area contributed by atoms with Crippen LogP contribution in [0.2, 0.25) is 0 Å². The second-order valence-electron chi connectivity index (χ2n) is 4.81. The van der Waals surface area contributed by atoms with E-state index < -0.39 is 0 Å². The Bertz CT molecular complexity index is 565. The second kappa shape index (κ2) is 9.44. The smallest absolute Gasteiger partial charge is 0.217 e. The molecule has 22 heavy (non-hydrogen) atoms. The molecular weight excluding hydrogens is 317 g/mol. The highest BCUT2D eigenvalue weighted by Gasteiger charge is 2.15. The van der Waals surface area contributed by atoms with Crippen LogP contribution in [-0.4, -0.2) is 28.6 Å². The number of nitrogens with one attached hydrogen (secondary N) is 1. The molecule has 118 valence electrons. The van der Waals surface area contributed by atoms with Crippen LogP contribution in [0.5, 0.6) is 0 Å². The van der Waals surface area contributed by atoms with E-state index in [0.29, 0.717) is 0 Å². The van der Waals surface area contributed by atoms with E-state index in [4.69, 9.17) is 28.6 Å². The average molecular weight is 338 g/mol. The normalized spacial score (nSPS) is 13.6. The highest BCUT2D eigenvalue weighted by molar-refractivity contribution is 6.70. The summed E-state index contributed by atoms with van der Waals surface area (Å²) < 4.78 is 0. The third-order valence-corrected chi connectivity index (χ3v) is 3.87. The molecule has 0 fully saturated rings. The summed E-state index contributed by atoms with van der Waals surface area (Å²) in [7, 11) is 1.85. The molecule has 1 aromatic carbocycles. The molecule has 5 heteroatoms. The van der Waals surface area contributed by atoms with Crippen LogP contribution in [0.4, 0.5) is 0 Å². The van der Waals surface area contributed by atoms with Crippen molar-refractivity contribution in [1.29, 1.82) is 5.41 Å². The van der Waals surface area contributed by atoms with Crippen molar-refractivity contribution in [2.45, 2.75) is 25.8 Å². The lowest BCUT2D eigenvalue weighted by molar-refractivity contribution is 0.363. The maximum Gasteiger partial charge on any atom is 0.217 e. The van der Waals surface area contributed by atoms with Gasteiger partial charge in [0.2, 0.25) is 10.6 Å². The minimum Gasteiger partial charge on any atom is -0.347 e. The molecule has 0 amide bonds. The topological polar surface area (TPSA) is 39.5 Å². The standard InChI is InChI=1S/C17H21Cl2N3/c1-4-13(14-9-7-6-8-10-14)11-12-15(5-2)22(3)17(19)21-16(18)20/h4,6-11,15,20H,1,5,12H2,2-3H3/b13-11+,20-16?,21-17-/t15-/m0/s1. The average Bonchev–Trinajstić information content (AvgIpc) is 2.51. The van der Waals surface area contributed by atoms with E-state index in [9.17, 15) is 0 Å². The van der Waals surface area contributed by atoms with Gasteiger partial charge < -0.3 is 4.90 Å². The minimum absolute atomic E-state index is 0.172.